The zero-order valence-corrected chi connectivity index (χ0v) is 18.3. The van der Waals surface area contributed by atoms with Gasteiger partial charge >= 0.3 is 0 Å². The van der Waals surface area contributed by atoms with Crippen molar-refractivity contribution >= 4 is 23.0 Å². The van der Waals surface area contributed by atoms with Gasteiger partial charge in [0, 0.05) is 37.6 Å². The standard InChI is InChI=1S/C25H36N2/c1-8-26(9-2)23-13-12-22(19(5)17-23)16-20(6)25-15-14-24(18-21(25)7)27(10-3)11-4/h12-18H,8-11H2,1-7H3/b20-16+. The van der Waals surface area contributed by atoms with E-state index in [0.29, 0.717) is 0 Å². The third-order valence-electron chi connectivity index (χ3n) is 5.52. The van der Waals surface area contributed by atoms with Crippen molar-refractivity contribution in [3.05, 3.63) is 58.7 Å². The van der Waals surface area contributed by atoms with Crippen molar-refractivity contribution in [2.24, 2.45) is 0 Å². The Morgan fingerprint density at radius 3 is 1.67 bits per heavy atom. The van der Waals surface area contributed by atoms with Crippen LogP contribution >= 0.6 is 0 Å². The molecule has 146 valence electrons. The van der Waals surface area contributed by atoms with Crippen LogP contribution in [0.1, 0.15) is 56.9 Å². The second-order valence-corrected chi connectivity index (χ2v) is 7.21. The maximum absolute atomic E-state index is 2.39. The van der Waals surface area contributed by atoms with Gasteiger partial charge in [-0.2, -0.15) is 0 Å². The SMILES string of the molecule is CCN(CC)c1ccc(/C=C(\C)c2ccc(N(CC)CC)cc2C)c(C)c1. The van der Waals surface area contributed by atoms with Crippen LogP contribution < -0.4 is 9.80 Å². The summed E-state index contributed by atoms with van der Waals surface area (Å²) < 4.78 is 0. The summed E-state index contributed by atoms with van der Waals surface area (Å²) in [4.78, 5) is 4.79. The minimum atomic E-state index is 1.04. The summed E-state index contributed by atoms with van der Waals surface area (Å²) in [6, 6.07) is 13.7. The average Bonchev–Trinajstić information content (AvgIpc) is 2.66. The van der Waals surface area contributed by atoms with Crippen LogP contribution in [0.4, 0.5) is 11.4 Å². The predicted octanol–water partition coefficient (Wildman–Crippen LogP) is 6.56. The Hall–Kier alpha value is -2.22. The van der Waals surface area contributed by atoms with Gasteiger partial charge in [0.1, 0.15) is 0 Å². The minimum absolute atomic E-state index is 1.04. The summed E-state index contributed by atoms with van der Waals surface area (Å²) in [6.45, 7) is 19.7. The molecule has 0 spiro atoms. The zero-order chi connectivity index (χ0) is 20.0. The van der Waals surface area contributed by atoms with Crippen molar-refractivity contribution in [1.82, 2.24) is 0 Å². The van der Waals surface area contributed by atoms with Crippen LogP contribution in [0.5, 0.6) is 0 Å². The number of nitrogens with zero attached hydrogens (tertiary/aromatic N) is 2. The highest BCUT2D eigenvalue weighted by molar-refractivity contribution is 5.83. The maximum atomic E-state index is 2.39. The Labute approximate surface area is 166 Å². The number of rotatable bonds is 8. The first-order chi connectivity index (χ1) is 12.9. The Kier molecular flexibility index (Phi) is 7.53. The molecule has 0 fully saturated rings. The Morgan fingerprint density at radius 1 is 0.741 bits per heavy atom. The highest BCUT2D eigenvalue weighted by atomic mass is 15.1. The van der Waals surface area contributed by atoms with Crippen molar-refractivity contribution in [3.63, 3.8) is 0 Å². The summed E-state index contributed by atoms with van der Waals surface area (Å²) in [5, 5.41) is 0. The average molecular weight is 365 g/mol. The van der Waals surface area contributed by atoms with Crippen molar-refractivity contribution < 1.29 is 0 Å². The van der Waals surface area contributed by atoms with Gasteiger partial charge in [-0.3, -0.25) is 0 Å². The molecule has 0 saturated carbocycles. The van der Waals surface area contributed by atoms with E-state index in [9.17, 15) is 0 Å². The molecule has 0 unspecified atom stereocenters. The molecular weight excluding hydrogens is 328 g/mol. The molecule has 0 aliphatic heterocycles. The lowest BCUT2D eigenvalue weighted by Crippen LogP contribution is -2.21. The molecule has 0 aromatic heterocycles. The van der Waals surface area contributed by atoms with Gasteiger partial charge < -0.3 is 9.80 Å². The molecule has 0 aliphatic rings. The lowest BCUT2D eigenvalue weighted by molar-refractivity contribution is 0.865. The van der Waals surface area contributed by atoms with Crippen molar-refractivity contribution in [1.29, 1.82) is 0 Å². The van der Waals surface area contributed by atoms with Gasteiger partial charge in [-0.1, -0.05) is 18.2 Å². The number of allylic oxidation sites excluding steroid dienone is 1. The summed E-state index contributed by atoms with van der Waals surface area (Å²) in [5.41, 5.74) is 9.24. The highest BCUT2D eigenvalue weighted by Crippen LogP contribution is 2.27. The van der Waals surface area contributed by atoms with Gasteiger partial charge in [0.15, 0.2) is 0 Å². The number of anilines is 2. The predicted molar refractivity (Wildman–Crippen MR) is 123 cm³/mol. The second-order valence-electron chi connectivity index (χ2n) is 7.21. The van der Waals surface area contributed by atoms with Gasteiger partial charge in [-0.15, -0.1) is 0 Å². The summed E-state index contributed by atoms with van der Waals surface area (Å²) in [6.07, 6.45) is 2.32. The fraction of sp³-hybridized carbons (Fsp3) is 0.440. The molecule has 0 N–H and O–H groups in total. The molecule has 0 aliphatic carbocycles. The Bertz CT molecular complexity index is 781. The molecule has 2 rings (SSSR count). The first-order valence-electron chi connectivity index (χ1n) is 10.3. The second kappa shape index (κ2) is 9.64. The normalized spacial score (nSPS) is 11.6. The Balaban J connectivity index is 2.32. The number of hydrogen-bond acceptors (Lipinski definition) is 2. The molecule has 27 heavy (non-hydrogen) atoms. The monoisotopic (exact) mass is 364 g/mol. The molecule has 2 nitrogen and oxygen atoms in total. The van der Waals surface area contributed by atoms with Crippen LogP contribution in [0, 0.1) is 13.8 Å². The molecular formula is C25H36N2. The number of aryl methyl sites for hydroxylation is 2. The zero-order valence-electron chi connectivity index (χ0n) is 18.3. The molecule has 0 amide bonds. The molecule has 0 saturated heterocycles. The lowest BCUT2D eigenvalue weighted by atomic mass is 9.97. The van der Waals surface area contributed by atoms with Crippen LogP contribution in [0.25, 0.3) is 11.6 Å². The number of benzene rings is 2. The van der Waals surface area contributed by atoms with Gasteiger partial charge in [0.2, 0.25) is 0 Å². The van der Waals surface area contributed by atoms with Gasteiger partial charge in [-0.05, 0) is 101 Å². The molecule has 0 radical (unpaired) electrons. The molecule has 2 aromatic carbocycles. The largest absolute Gasteiger partial charge is 0.372 e. The van der Waals surface area contributed by atoms with E-state index in [1.54, 1.807) is 0 Å². The lowest BCUT2D eigenvalue weighted by Gasteiger charge is -2.22. The summed E-state index contributed by atoms with van der Waals surface area (Å²) in [5.74, 6) is 0. The quantitative estimate of drug-likeness (QED) is 0.490. The van der Waals surface area contributed by atoms with Crippen LogP contribution in [0.3, 0.4) is 0 Å². The van der Waals surface area contributed by atoms with E-state index in [4.69, 9.17) is 0 Å². The van der Waals surface area contributed by atoms with E-state index in [2.05, 4.69) is 101 Å². The van der Waals surface area contributed by atoms with Gasteiger partial charge in [0.25, 0.3) is 0 Å². The van der Waals surface area contributed by atoms with Crippen LogP contribution in [-0.2, 0) is 0 Å². The van der Waals surface area contributed by atoms with E-state index in [1.807, 2.05) is 0 Å². The summed E-state index contributed by atoms with van der Waals surface area (Å²) in [7, 11) is 0. The van der Waals surface area contributed by atoms with Crippen molar-refractivity contribution in [2.75, 3.05) is 36.0 Å². The van der Waals surface area contributed by atoms with E-state index in [-0.39, 0.29) is 0 Å². The smallest absolute Gasteiger partial charge is 0.0369 e. The van der Waals surface area contributed by atoms with Crippen molar-refractivity contribution in [2.45, 2.75) is 48.5 Å². The Morgan fingerprint density at radius 2 is 1.22 bits per heavy atom. The number of hydrogen-bond donors (Lipinski definition) is 0. The maximum Gasteiger partial charge on any atom is 0.0369 e. The minimum Gasteiger partial charge on any atom is -0.372 e. The third-order valence-corrected chi connectivity index (χ3v) is 5.52. The molecule has 2 heteroatoms. The van der Waals surface area contributed by atoms with Crippen LogP contribution in [0.15, 0.2) is 36.4 Å². The molecule has 0 atom stereocenters. The van der Waals surface area contributed by atoms with E-state index in [1.165, 1.54) is 39.2 Å². The van der Waals surface area contributed by atoms with E-state index >= 15 is 0 Å². The molecule has 0 heterocycles. The first-order valence-corrected chi connectivity index (χ1v) is 10.3. The molecule has 2 aromatic rings. The fourth-order valence-corrected chi connectivity index (χ4v) is 3.79. The van der Waals surface area contributed by atoms with Gasteiger partial charge in [0.05, 0.1) is 0 Å². The summed E-state index contributed by atoms with van der Waals surface area (Å²) >= 11 is 0. The first kappa shape index (κ1) is 21.1. The third kappa shape index (κ3) is 4.94. The van der Waals surface area contributed by atoms with Crippen LogP contribution in [-0.4, -0.2) is 26.2 Å². The topological polar surface area (TPSA) is 6.48 Å². The van der Waals surface area contributed by atoms with Gasteiger partial charge in [-0.25, -0.2) is 0 Å². The fourth-order valence-electron chi connectivity index (χ4n) is 3.79. The van der Waals surface area contributed by atoms with Crippen LogP contribution in [0.2, 0.25) is 0 Å². The molecule has 0 bridgehead atoms. The van der Waals surface area contributed by atoms with Crippen molar-refractivity contribution in [3.8, 4) is 0 Å². The van der Waals surface area contributed by atoms with E-state index < -0.39 is 0 Å². The van der Waals surface area contributed by atoms with E-state index in [0.717, 1.165) is 26.2 Å². The highest BCUT2D eigenvalue weighted by Gasteiger charge is 2.08.